The van der Waals surface area contributed by atoms with Gasteiger partial charge in [0, 0.05) is 31.5 Å². The minimum absolute atomic E-state index is 0.0186. The van der Waals surface area contributed by atoms with Gasteiger partial charge in [-0.3, -0.25) is 4.79 Å². The molecule has 1 heterocycles. The fraction of sp³-hybridized carbons (Fsp3) is 0.357. The van der Waals surface area contributed by atoms with E-state index in [-0.39, 0.29) is 5.91 Å². The first-order chi connectivity index (χ1) is 8.11. The molecule has 2 rings (SSSR count). The molecule has 90 valence electrons. The zero-order valence-electron chi connectivity index (χ0n) is 10.5. The molecule has 3 heteroatoms. The number of aryl methyl sites for hydroxylation is 1. The summed E-state index contributed by atoms with van der Waals surface area (Å²) >= 11 is 0. The van der Waals surface area contributed by atoms with Gasteiger partial charge in [0.1, 0.15) is 11.3 Å². The van der Waals surface area contributed by atoms with Gasteiger partial charge in [-0.15, -0.1) is 0 Å². The normalized spacial score (nSPS) is 10.8. The van der Waals surface area contributed by atoms with Crippen LogP contribution in [0.15, 0.2) is 28.7 Å². The second-order valence-corrected chi connectivity index (χ2v) is 4.41. The van der Waals surface area contributed by atoms with Crippen molar-refractivity contribution in [1.29, 1.82) is 0 Å². The van der Waals surface area contributed by atoms with Crippen molar-refractivity contribution >= 4 is 16.9 Å². The predicted octanol–water partition coefficient (Wildman–Crippen LogP) is 3.09. The van der Waals surface area contributed by atoms with E-state index in [9.17, 15) is 4.79 Å². The number of benzene rings is 1. The molecule has 0 N–H and O–H groups in total. The molecule has 0 aliphatic rings. The van der Waals surface area contributed by atoms with Crippen LogP contribution in [0.1, 0.15) is 29.5 Å². The third-order valence-electron chi connectivity index (χ3n) is 2.72. The minimum Gasteiger partial charge on any atom is -0.461 e. The van der Waals surface area contributed by atoms with E-state index in [1.54, 1.807) is 19.0 Å². The van der Waals surface area contributed by atoms with E-state index in [1.165, 1.54) is 0 Å². The van der Waals surface area contributed by atoms with Crippen molar-refractivity contribution in [3.05, 3.63) is 35.6 Å². The summed E-state index contributed by atoms with van der Waals surface area (Å²) in [5.74, 6) is 1.00. The summed E-state index contributed by atoms with van der Waals surface area (Å²) in [4.78, 5) is 13.4. The van der Waals surface area contributed by atoms with Crippen LogP contribution < -0.4 is 0 Å². The molecule has 0 bridgehead atoms. The highest BCUT2D eigenvalue weighted by Gasteiger charge is 2.10. The third-order valence-corrected chi connectivity index (χ3v) is 2.72. The average molecular weight is 231 g/mol. The fourth-order valence-electron chi connectivity index (χ4n) is 1.86. The van der Waals surface area contributed by atoms with Gasteiger partial charge in [0.15, 0.2) is 0 Å². The van der Waals surface area contributed by atoms with Crippen molar-refractivity contribution in [3.8, 4) is 0 Å². The van der Waals surface area contributed by atoms with Gasteiger partial charge < -0.3 is 9.32 Å². The van der Waals surface area contributed by atoms with Gasteiger partial charge >= 0.3 is 0 Å². The van der Waals surface area contributed by atoms with Crippen molar-refractivity contribution in [2.75, 3.05) is 14.1 Å². The number of hydrogen-bond donors (Lipinski definition) is 0. The number of carbonyl (C=O) groups excluding carboxylic acids is 1. The summed E-state index contributed by atoms with van der Waals surface area (Å²) < 4.78 is 5.68. The van der Waals surface area contributed by atoms with Gasteiger partial charge in [-0.05, 0) is 30.7 Å². The minimum atomic E-state index is 0.0186. The number of rotatable bonds is 3. The number of fused-ring (bicyclic) bond motifs is 1. The van der Waals surface area contributed by atoms with Crippen LogP contribution in [-0.4, -0.2) is 24.9 Å². The van der Waals surface area contributed by atoms with Gasteiger partial charge in [0.2, 0.25) is 0 Å². The van der Waals surface area contributed by atoms with E-state index in [0.29, 0.717) is 5.56 Å². The summed E-state index contributed by atoms with van der Waals surface area (Å²) in [6.45, 7) is 2.12. The summed E-state index contributed by atoms with van der Waals surface area (Å²) in [6, 6.07) is 7.58. The number of amides is 1. The highest BCUT2D eigenvalue weighted by atomic mass is 16.3. The van der Waals surface area contributed by atoms with E-state index in [4.69, 9.17) is 4.42 Å². The van der Waals surface area contributed by atoms with Crippen molar-refractivity contribution in [1.82, 2.24) is 4.90 Å². The van der Waals surface area contributed by atoms with Crippen molar-refractivity contribution in [2.24, 2.45) is 0 Å². The summed E-state index contributed by atoms with van der Waals surface area (Å²) in [6.07, 6.45) is 1.99. The second-order valence-electron chi connectivity index (χ2n) is 4.41. The van der Waals surface area contributed by atoms with Gasteiger partial charge in [-0.2, -0.15) is 0 Å². The van der Waals surface area contributed by atoms with E-state index in [0.717, 1.165) is 29.6 Å². The molecular weight excluding hydrogens is 214 g/mol. The lowest BCUT2D eigenvalue weighted by atomic mass is 10.1. The lowest BCUT2D eigenvalue weighted by Crippen LogP contribution is -2.21. The lowest BCUT2D eigenvalue weighted by molar-refractivity contribution is 0.0828. The molecule has 0 radical (unpaired) electrons. The molecule has 17 heavy (non-hydrogen) atoms. The highest BCUT2D eigenvalue weighted by molar-refractivity contribution is 5.97. The molecule has 0 saturated carbocycles. The molecule has 0 aliphatic heterocycles. The summed E-state index contributed by atoms with van der Waals surface area (Å²) in [5.41, 5.74) is 1.55. The summed E-state index contributed by atoms with van der Waals surface area (Å²) in [5, 5.41) is 1.00. The summed E-state index contributed by atoms with van der Waals surface area (Å²) in [7, 11) is 3.51. The van der Waals surface area contributed by atoms with Crippen LogP contribution in [0.2, 0.25) is 0 Å². The number of nitrogens with zero attached hydrogens (tertiary/aromatic N) is 1. The van der Waals surface area contributed by atoms with Gasteiger partial charge in [-0.25, -0.2) is 0 Å². The predicted molar refractivity (Wildman–Crippen MR) is 68.2 cm³/mol. The van der Waals surface area contributed by atoms with Crippen molar-refractivity contribution < 1.29 is 9.21 Å². The van der Waals surface area contributed by atoms with Crippen LogP contribution >= 0.6 is 0 Å². The molecule has 0 fully saturated rings. The maximum atomic E-state index is 11.8. The molecule has 2 aromatic rings. The SMILES string of the molecule is CCCc1cc2cc(C(=O)N(C)C)ccc2o1. The first-order valence-electron chi connectivity index (χ1n) is 5.86. The van der Waals surface area contributed by atoms with Gasteiger partial charge in [-0.1, -0.05) is 6.92 Å². The molecule has 0 atom stereocenters. The standard InChI is InChI=1S/C14H17NO2/c1-4-5-12-9-11-8-10(14(16)15(2)3)6-7-13(11)17-12/h6-9H,4-5H2,1-3H3. The van der Waals surface area contributed by atoms with Crippen LogP contribution in [0.5, 0.6) is 0 Å². The Morgan fingerprint density at radius 2 is 2.06 bits per heavy atom. The maximum Gasteiger partial charge on any atom is 0.253 e. The Kier molecular flexibility index (Phi) is 3.18. The topological polar surface area (TPSA) is 33.5 Å². The van der Waals surface area contributed by atoms with Crippen LogP contribution in [0, 0.1) is 0 Å². The number of furan rings is 1. The van der Waals surface area contributed by atoms with Crippen molar-refractivity contribution in [2.45, 2.75) is 19.8 Å². The molecule has 0 unspecified atom stereocenters. The largest absolute Gasteiger partial charge is 0.461 e. The van der Waals surface area contributed by atoms with E-state index in [1.807, 2.05) is 24.3 Å². The molecule has 1 aromatic carbocycles. The molecule has 0 aliphatic carbocycles. The Morgan fingerprint density at radius 3 is 2.71 bits per heavy atom. The second kappa shape index (κ2) is 4.62. The van der Waals surface area contributed by atoms with Crippen LogP contribution in [-0.2, 0) is 6.42 Å². The Hall–Kier alpha value is -1.77. The molecule has 0 spiro atoms. The van der Waals surface area contributed by atoms with Gasteiger partial charge in [0.05, 0.1) is 0 Å². The number of carbonyl (C=O) groups is 1. The zero-order valence-corrected chi connectivity index (χ0v) is 10.5. The van der Waals surface area contributed by atoms with Crippen LogP contribution in [0.4, 0.5) is 0 Å². The van der Waals surface area contributed by atoms with E-state index >= 15 is 0 Å². The third kappa shape index (κ3) is 2.33. The van der Waals surface area contributed by atoms with E-state index in [2.05, 4.69) is 6.92 Å². The van der Waals surface area contributed by atoms with Crippen LogP contribution in [0.3, 0.4) is 0 Å². The average Bonchev–Trinajstić information content (AvgIpc) is 2.69. The highest BCUT2D eigenvalue weighted by Crippen LogP contribution is 2.22. The van der Waals surface area contributed by atoms with Gasteiger partial charge in [0.25, 0.3) is 5.91 Å². The van der Waals surface area contributed by atoms with Crippen LogP contribution in [0.25, 0.3) is 11.0 Å². The molecular formula is C14H17NO2. The first kappa shape index (κ1) is 11.7. The number of hydrogen-bond acceptors (Lipinski definition) is 2. The maximum absolute atomic E-state index is 11.8. The Labute approximate surface area is 101 Å². The molecule has 1 aromatic heterocycles. The zero-order chi connectivity index (χ0) is 12.4. The van der Waals surface area contributed by atoms with Crippen molar-refractivity contribution in [3.63, 3.8) is 0 Å². The molecule has 3 nitrogen and oxygen atoms in total. The smallest absolute Gasteiger partial charge is 0.253 e. The first-order valence-corrected chi connectivity index (χ1v) is 5.86. The Bertz CT molecular complexity index is 540. The monoisotopic (exact) mass is 231 g/mol. The quantitative estimate of drug-likeness (QED) is 0.813. The molecule has 1 amide bonds. The Balaban J connectivity index is 2.39. The van der Waals surface area contributed by atoms with E-state index < -0.39 is 0 Å². The molecule has 0 saturated heterocycles. The Morgan fingerprint density at radius 1 is 1.29 bits per heavy atom. The fourth-order valence-corrected chi connectivity index (χ4v) is 1.86. The lowest BCUT2D eigenvalue weighted by Gasteiger charge is -2.09.